The molecule has 5 heteroatoms. The normalized spacial score (nSPS) is 11.5. The summed E-state index contributed by atoms with van der Waals surface area (Å²) in [6.45, 7) is 16.4. The van der Waals surface area contributed by atoms with Crippen LogP contribution in [0, 0.1) is 35.5 Å². The van der Waals surface area contributed by atoms with Crippen LogP contribution in [0.3, 0.4) is 0 Å². The van der Waals surface area contributed by atoms with Gasteiger partial charge in [-0.15, -0.1) is 0 Å². The van der Waals surface area contributed by atoms with Gasteiger partial charge in [-0.1, -0.05) is 85.3 Å². The van der Waals surface area contributed by atoms with Crippen molar-refractivity contribution in [1.29, 1.82) is 0 Å². The highest BCUT2D eigenvalue weighted by molar-refractivity contribution is 5.55. The van der Waals surface area contributed by atoms with E-state index >= 15 is 0 Å². The minimum Gasteiger partial charge on any atom is -0.396 e. The Hall–Kier alpha value is -4.64. The molecule has 2 N–H and O–H groups in total. The fourth-order valence-corrected chi connectivity index (χ4v) is 5.56. The molecule has 0 aromatic heterocycles. The number of rotatable bonds is 15. The molecule has 5 nitrogen and oxygen atoms in total. The number of benzene rings is 4. The number of ether oxygens (including phenoxy) is 3. The molecule has 4 rings (SSSR count). The molecule has 0 aliphatic carbocycles. The van der Waals surface area contributed by atoms with Crippen LogP contribution in [0.15, 0.2) is 91.0 Å². The van der Waals surface area contributed by atoms with Crippen LogP contribution in [0.25, 0.3) is 0 Å². The third-order valence-electron chi connectivity index (χ3n) is 9.05. The Balaban J connectivity index is 1.48. The van der Waals surface area contributed by atoms with Crippen molar-refractivity contribution in [1.82, 2.24) is 0 Å². The lowest BCUT2D eigenvalue weighted by molar-refractivity contribution is -0.0800. The van der Waals surface area contributed by atoms with Crippen molar-refractivity contribution in [3.63, 3.8) is 0 Å². The van der Waals surface area contributed by atoms with Gasteiger partial charge in [0.25, 0.3) is 0 Å². The highest BCUT2D eigenvalue weighted by Gasteiger charge is 2.22. The zero-order valence-electron chi connectivity index (χ0n) is 33.1. The average Bonchev–Trinajstić information content (AvgIpc) is 3.14. The summed E-state index contributed by atoms with van der Waals surface area (Å²) in [5.74, 6) is 19.7. The lowest BCUT2D eigenvalue weighted by atomic mass is 10.0. The Morgan fingerprint density at radius 1 is 0.444 bits per heavy atom. The Bertz CT molecular complexity index is 1970. The van der Waals surface area contributed by atoms with Crippen molar-refractivity contribution in [2.75, 3.05) is 13.2 Å². The SMILES string of the molecule is CCCC(C)(C)OCCC(C)(C)OCc1ccc(C#Cc2cc(C#Cc3ccc(CO)cc3)cc(C#Cc3ccc(COC(C)(C)CCO)cc3)c2)cc1. The Morgan fingerprint density at radius 3 is 1.17 bits per heavy atom. The maximum absolute atomic E-state index is 9.39. The Labute approximate surface area is 324 Å². The highest BCUT2D eigenvalue weighted by atomic mass is 16.5. The van der Waals surface area contributed by atoms with Gasteiger partial charge in [0.1, 0.15) is 0 Å². The largest absolute Gasteiger partial charge is 0.396 e. The van der Waals surface area contributed by atoms with E-state index in [9.17, 15) is 10.2 Å². The molecule has 4 aromatic carbocycles. The summed E-state index contributed by atoms with van der Waals surface area (Å²) in [5, 5.41) is 18.7. The van der Waals surface area contributed by atoms with Crippen LogP contribution in [0.2, 0.25) is 0 Å². The number of hydrogen-bond acceptors (Lipinski definition) is 5. The molecule has 0 aliphatic heterocycles. The van der Waals surface area contributed by atoms with Crippen molar-refractivity contribution in [2.24, 2.45) is 0 Å². The maximum Gasteiger partial charge on any atom is 0.0724 e. The molecule has 0 unspecified atom stereocenters. The molecule has 0 bridgehead atoms. The van der Waals surface area contributed by atoms with E-state index in [1.54, 1.807) is 0 Å². The van der Waals surface area contributed by atoms with Gasteiger partial charge in [-0.3, -0.25) is 0 Å². The molecule has 0 radical (unpaired) electrons. The molecular formula is C49H56O5. The first-order valence-corrected chi connectivity index (χ1v) is 18.9. The summed E-state index contributed by atoms with van der Waals surface area (Å²) in [6, 6.07) is 29.7. The summed E-state index contributed by atoms with van der Waals surface area (Å²) >= 11 is 0. The molecule has 0 spiro atoms. The Morgan fingerprint density at radius 2 is 0.796 bits per heavy atom. The van der Waals surface area contributed by atoms with E-state index in [-0.39, 0.29) is 30.0 Å². The molecule has 0 saturated heterocycles. The lowest BCUT2D eigenvalue weighted by Crippen LogP contribution is -2.30. The number of aliphatic hydroxyl groups excluding tert-OH is 2. The fourth-order valence-electron chi connectivity index (χ4n) is 5.56. The molecule has 54 heavy (non-hydrogen) atoms. The third-order valence-corrected chi connectivity index (χ3v) is 9.05. The van der Waals surface area contributed by atoms with Crippen LogP contribution in [-0.2, 0) is 34.0 Å². The van der Waals surface area contributed by atoms with Crippen LogP contribution in [-0.4, -0.2) is 40.2 Å². The Kier molecular flexibility index (Phi) is 15.7. The summed E-state index contributed by atoms with van der Waals surface area (Å²) in [7, 11) is 0. The molecule has 0 saturated carbocycles. The first-order valence-electron chi connectivity index (χ1n) is 18.9. The van der Waals surface area contributed by atoms with Gasteiger partial charge in [0.15, 0.2) is 0 Å². The van der Waals surface area contributed by atoms with Gasteiger partial charge in [-0.25, -0.2) is 0 Å². The minimum atomic E-state index is -0.387. The second kappa shape index (κ2) is 20.2. The van der Waals surface area contributed by atoms with E-state index in [4.69, 9.17) is 14.2 Å². The lowest BCUT2D eigenvalue weighted by Gasteiger charge is -2.29. The van der Waals surface area contributed by atoms with Crippen LogP contribution in [0.1, 0.15) is 124 Å². The van der Waals surface area contributed by atoms with Crippen molar-refractivity contribution < 1.29 is 24.4 Å². The zero-order valence-corrected chi connectivity index (χ0v) is 33.1. The van der Waals surface area contributed by atoms with Crippen molar-refractivity contribution in [2.45, 2.75) is 111 Å². The predicted molar refractivity (Wildman–Crippen MR) is 219 cm³/mol. The predicted octanol–water partition coefficient (Wildman–Crippen LogP) is 9.34. The van der Waals surface area contributed by atoms with Gasteiger partial charge in [-0.05, 0) is 132 Å². The topological polar surface area (TPSA) is 68.2 Å². The molecule has 0 fully saturated rings. The van der Waals surface area contributed by atoms with Crippen LogP contribution in [0.5, 0.6) is 0 Å². The third kappa shape index (κ3) is 15.0. The van der Waals surface area contributed by atoms with Gasteiger partial charge >= 0.3 is 0 Å². The quantitative estimate of drug-likeness (QED) is 0.120. The first kappa shape index (κ1) is 42.1. The van der Waals surface area contributed by atoms with Gasteiger partial charge in [0, 0.05) is 40.0 Å². The molecule has 4 aromatic rings. The maximum atomic E-state index is 9.39. The summed E-state index contributed by atoms with van der Waals surface area (Å²) in [4.78, 5) is 0. The van der Waals surface area contributed by atoms with Crippen molar-refractivity contribution >= 4 is 0 Å². The summed E-state index contributed by atoms with van der Waals surface area (Å²) in [5.41, 5.74) is 7.28. The second-order valence-electron chi connectivity index (χ2n) is 15.5. The van der Waals surface area contributed by atoms with E-state index in [1.165, 1.54) is 0 Å². The highest BCUT2D eigenvalue weighted by Crippen LogP contribution is 2.22. The molecular weight excluding hydrogens is 669 g/mol. The van der Waals surface area contributed by atoms with Gasteiger partial charge < -0.3 is 24.4 Å². The molecule has 0 amide bonds. The van der Waals surface area contributed by atoms with Gasteiger partial charge in [0.05, 0.1) is 43.2 Å². The minimum absolute atomic E-state index is 0.00172. The van der Waals surface area contributed by atoms with Crippen molar-refractivity contribution in [3.8, 4) is 35.5 Å². The monoisotopic (exact) mass is 724 g/mol. The standard InChI is InChI=1S/C49H56O5/c1-8-27-47(2,3)52-31-29-49(6,7)54-37-43-22-13-40(14-23-43)17-26-46-33-44(24-15-38-9-18-41(35-51)19-10-38)32-45(34-46)25-16-39-11-20-42(21-12-39)36-53-48(4,5)28-30-50/h9-14,18-23,32-34,50-51H,8,27-31,35-37H2,1-7H3. The summed E-state index contributed by atoms with van der Waals surface area (Å²) < 4.78 is 18.4. The van der Waals surface area contributed by atoms with E-state index in [1.807, 2.05) is 92.7 Å². The number of aliphatic hydroxyl groups is 2. The first-order chi connectivity index (χ1) is 25.8. The molecule has 282 valence electrons. The van der Waals surface area contributed by atoms with E-state index in [2.05, 4.69) is 82.3 Å². The fraction of sp³-hybridized carbons (Fsp3) is 0.388. The second-order valence-corrected chi connectivity index (χ2v) is 15.5. The molecule has 0 aliphatic rings. The van der Waals surface area contributed by atoms with E-state index < -0.39 is 0 Å². The number of hydrogen-bond donors (Lipinski definition) is 2. The van der Waals surface area contributed by atoms with Crippen LogP contribution in [0.4, 0.5) is 0 Å². The van der Waals surface area contributed by atoms with Crippen LogP contribution < -0.4 is 0 Å². The summed E-state index contributed by atoms with van der Waals surface area (Å²) in [6.07, 6.45) is 3.55. The zero-order chi connectivity index (χ0) is 39.0. The van der Waals surface area contributed by atoms with Gasteiger partial charge in [0.2, 0.25) is 0 Å². The molecule has 0 atom stereocenters. The van der Waals surface area contributed by atoms with Crippen LogP contribution >= 0.6 is 0 Å². The van der Waals surface area contributed by atoms with Gasteiger partial charge in [-0.2, -0.15) is 0 Å². The van der Waals surface area contributed by atoms with E-state index in [0.717, 1.165) is 69.3 Å². The smallest absolute Gasteiger partial charge is 0.0724 e. The average molecular weight is 725 g/mol. The molecule has 0 heterocycles. The van der Waals surface area contributed by atoms with E-state index in [0.29, 0.717) is 26.2 Å². The van der Waals surface area contributed by atoms with Crippen molar-refractivity contribution in [3.05, 3.63) is 141 Å².